The highest BCUT2D eigenvalue weighted by Crippen LogP contribution is 2.35. The molecule has 2 aromatic heterocycles. The molecule has 3 aliphatic rings. The first-order valence-electron chi connectivity index (χ1n) is 11.9. The Labute approximate surface area is 198 Å². The van der Waals surface area contributed by atoms with Gasteiger partial charge in [-0.25, -0.2) is 15.0 Å². The molecule has 172 valence electrons. The Balaban J connectivity index is 1.31. The Morgan fingerprint density at radius 2 is 1.91 bits per heavy atom. The molecule has 1 aromatic carbocycles. The van der Waals surface area contributed by atoms with E-state index >= 15 is 0 Å². The van der Waals surface area contributed by atoms with Crippen LogP contribution >= 0.6 is 0 Å². The van der Waals surface area contributed by atoms with E-state index in [1.54, 1.807) is 6.20 Å². The number of H-pyrrole nitrogens is 1. The Morgan fingerprint density at radius 1 is 1.12 bits per heavy atom. The van der Waals surface area contributed by atoms with Crippen LogP contribution in [0.3, 0.4) is 0 Å². The summed E-state index contributed by atoms with van der Waals surface area (Å²) in [6.07, 6.45) is 5.65. The molecule has 34 heavy (non-hydrogen) atoms. The van der Waals surface area contributed by atoms with E-state index in [0.717, 1.165) is 55.5 Å². The molecule has 8 heteroatoms. The summed E-state index contributed by atoms with van der Waals surface area (Å²) in [4.78, 5) is 19.4. The number of ether oxygens (including phenoxy) is 1. The van der Waals surface area contributed by atoms with Gasteiger partial charge in [0.25, 0.3) is 0 Å². The monoisotopic (exact) mass is 453 g/mol. The predicted molar refractivity (Wildman–Crippen MR) is 131 cm³/mol. The van der Waals surface area contributed by atoms with Crippen LogP contribution in [0.1, 0.15) is 30.1 Å². The largest absolute Gasteiger partial charge is 0.381 e. The molecule has 8 nitrogen and oxygen atoms in total. The SMILES string of the molecule is N=Cc1c(NCC2CC2)nc(C#Cc2ncc(-c3ccccc3)[nH]2)nc1N1C[C@H]2COC[C@H]2C1. The minimum atomic E-state index is 0.435. The minimum absolute atomic E-state index is 0.435. The van der Waals surface area contributed by atoms with Crippen LogP contribution in [-0.2, 0) is 4.74 Å². The van der Waals surface area contributed by atoms with Crippen molar-refractivity contribution in [2.75, 3.05) is 43.1 Å². The van der Waals surface area contributed by atoms with E-state index in [1.807, 2.05) is 30.3 Å². The molecule has 0 bridgehead atoms. The van der Waals surface area contributed by atoms with Crippen molar-refractivity contribution in [1.29, 1.82) is 5.41 Å². The van der Waals surface area contributed by atoms with Gasteiger partial charge >= 0.3 is 0 Å². The second-order valence-electron chi connectivity index (χ2n) is 9.33. The van der Waals surface area contributed by atoms with Gasteiger partial charge in [0.05, 0.1) is 30.7 Å². The van der Waals surface area contributed by atoms with E-state index in [0.29, 0.717) is 35.2 Å². The molecule has 3 fully saturated rings. The third-order valence-electron chi connectivity index (χ3n) is 6.82. The van der Waals surface area contributed by atoms with Gasteiger partial charge in [0.1, 0.15) is 11.6 Å². The zero-order valence-corrected chi connectivity index (χ0v) is 18.9. The molecule has 6 rings (SSSR count). The number of hydrogen-bond donors (Lipinski definition) is 3. The molecule has 1 saturated carbocycles. The fraction of sp³-hybridized carbons (Fsp3) is 0.385. The van der Waals surface area contributed by atoms with E-state index in [1.165, 1.54) is 19.1 Å². The molecular weight excluding hydrogens is 426 g/mol. The summed E-state index contributed by atoms with van der Waals surface area (Å²) in [7, 11) is 0. The third kappa shape index (κ3) is 4.27. The fourth-order valence-corrected chi connectivity index (χ4v) is 4.71. The summed E-state index contributed by atoms with van der Waals surface area (Å²) in [5.74, 6) is 10.4. The first-order chi connectivity index (χ1) is 16.8. The number of anilines is 2. The van der Waals surface area contributed by atoms with Crippen LogP contribution in [0.25, 0.3) is 11.3 Å². The second-order valence-corrected chi connectivity index (χ2v) is 9.33. The van der Waals surface area contributed by atoms with Crippen molar-refractivity contribution in [3.8, 4) is 23.1 Å². The lowest BCUT2D eigenvalue weighted by Gasteiger charge is -2.22. The zero-order chi connectivity index (χ0) is 22.9. The zero-order valence-electron chi connectivity index (χ0n) is 18.9. The van der Waals surface area contributed by atoms with Gasteiger partial charge in [0.2, 0.25) is 5.82 Å². The molecule has 0 spiro atoms. The topological polar surface area (TPSA) is 103 Å². The van der Waals surface area contributed by atoms with Crippen molar-refractivity contribution in [3.05, 3.63) is 53.7 Å². The van der Waals surface area contributed by atoms with E-state index in [9.17, 15) is 0 Å². The summed E-state index contributed by atoms with van der Waals surface area (Å²) in [5, 5.41) is 11.6. The summed E-state index contributed by atoms with van der Waals surface area (Å²) in [5.41, 5.74) is 2.71. The lowest BCUT2D eigenvalue weighted by molar-refractivity contribution is 0.177. The average molecular weight is 454 g/mol. The first kappa shape index (κ1) is 20.9. The molecule has 4 heterocycles. The normalized spacial score (nSPS) is 21.1. The Bertz CT molecular complexity index is 1240. The van der Waals surface area contributed by atoms with Gasteiger partial charge in [-0.3, -0.25) is 0 Å². The Hall–Kier alpha value is -3.70. The molecule has 2 saturated heterocycles. The van der Waals surface area contributed by atoms with Crippen molar-refractivity contribution in [2.45, 2.75) is 12.8 Å². The van der Waals surface area contributed by atoms with Gasteiger partial charge < -0.3 is 25.3 Å². The molecule has 1 aliphatic carbocycles. The summed E-state index contributed by atoms with van der Waals surface area (Å²) >= 11 is 0. The molecular formula is C26H27N7O. The minimum Gasteiger partial charge on any atom is -0.381 e. The maximum atomic E-state index is 8.09. The first-order valence-corrected chi connectivity index (χ1v) is 11.9. The van der Waals surface area contributed by atoms with Crippen molar-refractivity contribution in [2.24, 2.45) is 17.8 Å². The third-order valence-corrected chi connectivity index (χ3v) is 6.82. The van der Waals surface area contributed by atoms with Gasteiger partial charge in [0.15, 0.2) is 5.82 Å². The summed E-state index contributed by atoms with van der Waals surface area (Å²) in [6, 6.07) is 10.0. The van der Waals surface area contributed by atoms with Gasteiger partial charge in [-0.2, -0.15) is 0 Å². The lowest BCUT2D eigenvalue weighted by atomic mass is 10.0. The van der Waals surface area contributed by atoms with E-state index in [4.69, 9.17) is 15.1 Å². The van der Waals surface area contributed by atoms with Crippen molar-refractivity contribution in [3.63, 3.8) is 0 Å². The van der Waals surface area contributed by atoms with Crippen LogP contribution in [0.5, 0.6) is 0 Å². The molecule has 2 aliphatic heterocycles. The highest BCUT2D eigenvalue weighted by molar-refractivity contribution is 5.91. The van der Waals surface area contributed by atoms with Gasteiger partial charge in [-0.05, 0) is 36.2 Å². The number of hydrogen-bond acceptors (Lipinski definition) is 7. The molecule has 0 amide bonds. The quantitative estimate of drug-likeness (QED) is 0.391. The van der Waals surface area contributed by atoms with Crippen LogP contribution in [0, 0.1) is 35.0 Å². The fourth-order valence-electron chi connectivity index (χ4n) is 4.71. The number of imidazole rings is 1. The number of aromatic amines is 1. The second kappa shape index (κ2) is 8.92. The van der Waals surface area contributed by atoms with Crippen LogP contribution in [0.4, 0.5) is 11.6 Å². The molecule has 3 N–H and O–H groups in total. The molecule has 2 atom stereocenters. The van der Waals surface area contributed by atoms with Crippen LogP contribution in [0.2, 0.25) is 0 Å². The Kier molecular flexibility index (Phi) is 5.47. The number of fused-ring (bicyclic) bond motifs is 1. The highest BCUT2D eigenvalue weighted by atomic mass is 16.5. The van der Waals surface area contributed by atoms with Crippen molar-refractivity contribution in [1.82, 2.24) is 19.9 Å². The van der Waals surface area contributed by atoms with Gasteiger partial charge in [-0.1, -0.05) is 30.3 Å². The summed E-state index contributed by atoms with van der Waals surface area (Å²) in [6.45, 7) is 4.23. The highest BCUT2D eigenvalue weighted by Gasteiger charge is 2.38. The smallest absolute Gasteiger partial charge is 0.209 e. The predicted octanol–water partition coefficient (Wildman–Crippen LogP) is 3.17. The van der Waals surface area contributed by atoms with Crippen LogP contribution < -0.4 is 10.2 Å². The summed E-state index contributed by atoms with van der Waals surface area (Å²) < 4.78 is 5.64. The molecule has 3 aromatic rings. The average Bonchev–Trinajstić information content (AvgIpc) is 3.21. The molecule has 0 radical (unpaired) electrons. The number of nitrogens with zero attached hydrogens (tertiary/aromatic N) is 4. The number of rotatable bonds is 6. The lowest BCUT2D eigenvalue weighted by Crippen LogP contribution is -2.26. The van der Waals surface area contributed by atoms with Crippen LogP contribution in [-0.4, -0.2) is 59.0 Å². The number of aromatic nitrogens is 4. The Morgan fingerprint density at radius 3 is 2.65 bits per heavy atom. The van der Waals surface area contributed by atoms with Crippen molar-refractivity contribution >= 4 is 17.9 Å². The van der Waals surface area contributed by atoms with Crippen molar-refractivity contribution < 1.29 is 4.74 Å². The van der Waals surface area contributed by atoms with E-state index < -0.39 is 0 Å². The van der Waals surface area contributed by atoms with Crippen LogP contribution in [0.15, 0.2) is 36.5 Å². The standard InChI is InChI=1S/C26H27N7O/c27-10-21-25(29-11-17-6-7-17)31-24(32-26(21)33-13-19-15-34-16-20(19)14-33)9-8-23-28-12-22(30-23)18-4-2-1-3-5-18/h1-5,10,12,17,19-20,27H,6-7,11,13-16H2,(H,28,30)(H,29,31,32)/t19-,20+. The van der Waals surface area contributed by atoms with Gasteiger partial charge in [0, 0.05) is 37.7 Å². The number of benzene rings is 1. The number of nitrogens with one attached hydrogen (secondary N) is 3. The van der Waals surface area contributed by atoms with E-state index in [2.05, 4.69) is 37.0 Å². The molecule has 0 unspecified atom stereocenters. The maximum absolute atomic E-state index is 8.09. The maximum Gasteiger partial charge on any atom is 0.209 e. The van der Waals surface area contributed by atoms with E-state index in [-0.39, 0.29) is 0 Å². The van der Waals surface area contributed by atoms with Gasteiger partial charge in [-0.15, -0.1) is 0 Å².